The van der Waals surface area contributed by atoms with E-state index in [1.54, 1.807) is 40.2 Å². The minimum atomic E-state index is -0.483. The molecule has 2 aromatic heterocycles. The zero-order chi connectivity index (χ0) is 20.9. The van der Waals surface area contributed by atoms with Crippen molar-refractivity contribution in [3.05, 3.63) is 76.7 Å². The molecule has 0 spiro atoms. The second kappa shape index (κ2) is 9.21. The first-order valence-electron chi connectivity index (χ1n) is 9.90. The first-order chi connectivity index (χ1) is 14.6. The third kappa shape index (κ3) is 4.76. The lowest BCUT2D eigenvalue weighted by molar-refractivity contribution is -0.119. The van der Waals surface area contributed by atoms with E-state index >= 15 is 0 Å². The van der Waals surface area contributed by atoms with Crippen LogP contribution in [0.5, 0.6) is 0 Å². The molecule has 1 unspecified atom stereocenters. The third-order valence-corrected chi connectivity index (χ3v) is 5.71. The zero-order valence-corrected chi connectivity index (χ0v) is 18.0. The fourth-order valence-corrected chi connectivity index (χ4v) is 3.86. The van der Waals surface area contributed by atoms with Gasteiger partial charge in [-0.25, -0.2) is 0 Å². The van der Waals surface area contributed by atoms with Crippen LogP contribution in [0.1, 0.15) is 28.8 Å². The molecule has 0 bridgehead atoms. The molecule has 0 aliphatic carbocycles. The van der Waals surface area contributed by atoms with Crippen molar-refractivity contribution >= 4 is 33.6 Å². The molecule has 4 rings (SSSR count). The Kier molecular flexibility index (Phi) is 6.23. The van der Waals surface area contributed by atoms with Crippen LogP contribution in [0.4, 0.5) is 5.82 Å². The van der Waals surface area contributed by atoms with Gasteiger partial charge in [-0.15, -0.1) is 0 Å². The fourth-order valence-electron chi connectivity index (χ4n) is 3.60. The normalized spacial score (nSPS) is 15.9. The fraction of sp³-hybridized carbons (Fsp3) is 0.273. The Bertz CT molecular complexity index is 1020. The third-order valence-electron chi connectivity index (χ3n) is 5.18. The van der Waals surface area contributed by atoms with Crippen LogP contribution in [0.2, 0.25) is 0 Å². The summed E-state index contributed by atoms with van der Waals surface area (Å²) >= 11 is 3.38. The highest BCUT2D eigenvalue weighted by molar-refractivity contribution is 9.10. The van der Waals surface area contributed by atoms with Gasteiger partial charge in [0.25, 0.3) is 5.91 Å². The number of nitrogens with one attached hydrogen (secondary N) is 1. The van der Waals surface area contributed by atoms with Crippen molar-refractivity contribution in [2.24, 2.45) is 0 Å². The van der Waals surface area contributed by atoms with E-state index in [2.05, 4.69) is 31.3 Å². The summed E-state index contributed by atoms with van der Waals surface area (Å²) in [5, 5.41) is 7.30. The number of halogens is 1. The van der Waals surface area contributed by atoms with Gasteiger partial charge in [0.15, 0.2) is 5.82 Å². The highest BCUT2D eigenvalue weighted by Crippen LogP contribution is 2.22. The Labute approximate surface area is 183 Å². The molecule has 1 fully saturated rings. The molecule has 8 heteroatoms. The smallest absolute Gasteiger partial charge is 0.254 e. The minimum Gasteiger partial charge on any atom is -0.327 e. The van der Waals surface area contributed by atoms with Gasteiger partial charge >= 0.3 is 0 Å². The maximum Gasteiger partial charge on any atom is 0.254 e. The lowest BCUT2D eigenvalue weighted by Gasteiger charge is -2.23. The predicted octanol–water partition coefficient (Wildman–Crippen LogP) is 3.53. The van der Waals surface area contributed by atoms with Crippen LogP contribution in [0.15, 0.2) is 65.5 Å². The van der Waals surface area contributed by atoms with E-state index in [-0.39, 0.29) is 11.8 Å². The monoisotopic (exact) mass is 467 g/mol. The van der Waals surface area contributed by atoms with Crippen molar-refractivity contribution in [3.63, 3.8) is 0 Å². The van der Waals surface area contributed by atoms with E-state index in [4.69, 9.17) is 0 Å². The molecule has 3 aromatic rings. The van der Waals surface area contributed by atoms with Gasteiger partial charge < -0.3 is 10.2 Å². The van der Waals surface area contributed by atoms with Gasteiger partial charge in [0.05, 0.1) is 0 Å². The maximum atomic E-state index is 12.9. The standard InChI is InChI=1S/C22H22BrN5O2/c23-18-5-3-17(4-6-18)22(30)28-13-1-2-19(28)21(29)25-20-10-15-27(26-20)14-9-16-7-11-24-12-8-16/h3-8,10-12,15,19H,1-2,9,13-14H2,(H,25,26,29). The summed E-state index contributed by atoms with van der Waals surface area (Å²) in [6.07, 6.45) is 7.67. The van der Waals surface area contributed by atoms with Gasteiger partial charge in [-0.2, -0.15) is 5.10 Å². The molecule has 1 saturated heterocycles. The Morgan fingerprint density at radius 2 is 1.87 bits per heavy atom. The number of likely N-dealkylation sites (tertiary alicyclic amines) is 1. The SMILES string of the molecule is O=C(Nc1ccn(CCc2ccncc2)n1)C1CCCN1C(=O)c1ccc(Br)cc1. The Morgan fingerprint density at radius 1 is 1.10 bits per heavy atom. The van der Waals surface area contributed by atoms with Gasteiger partial charge in [-0.05, 0) is 61.2 Å². The molecule has 1 aromatic carbocycles. The van der Waals surface area contributed by atoms with E-state index in [1.807, 2.05) is 30.5 Å². The van der Waals surface area contributed by atoms with Crippen LogP contribution in [-0.2, 0) is 17.8 Å². The maximum absolute atomic E-state index is 12.9. The van der Waals surface area contributed by atoms with Crippen molar-refractivity contribution in [3.8, 4) is 0 Å². The molecule has 3 heterocycles. The Balaban J connectivity index is 1.36. The van der Waals surface area contributed by atoms with Gasteiger partial charge in [-0.1, -0.05) is 15.9 Å². The van der Waals surface area contributed by atoms with Crippen molar-refractivity contribution in [2.45, 2.75) is 31.8 Å². The van der Waals surface area contributed by atoms with E-state index in [1.165, 1.54) is 5.56 Å². The molecule has 2 amide bonds. The molecule has 30 heavy (non-hydrogen) atoms. The summed E-state index contributed by atoms with van der Waals surface area (Å²) < 4.78 is 2.71. The second-order valence-corrected chi connectivity index (χ2v) is 8.14. The number of carbonyl (C=O) groups excluding carboxylic acids is 2. The molecule has 1 N–H and O–H groups in total. The van der Waals surface area contributed by atoms with Crippen LogP contribution in [0, 0.1) is 0 Å². The van der Waals surface area contributed by atoms with Crippen LogP contribution in [-0.4, -0.2) is 44.1 Å². The Hall–Kier alpha value is -3.00. The van der Waals surface area contributed by atoms with E-state index < -0.39 is 6.04 Å². The van der Waals surface area contributed by atoms with Crippen LogP contribution < -0.4 is 5.32 Å². The lowest BCUT2D eigenvalue weighted by Crippen LogP contribution is -2.43. The molecule has 0 radical (unpaired) electrons. The number of aryl methyl sites for hydroxylation is 2. The number of hydrogen-bond donors (Lipinski definition) is 1. The number of pyridine rings is 1. The van der Waals surface area contributed by atoms with Crippen molar-refractivity contribution in [1.29, 1.82) is 0 Å². The van der Waals surface area contributed by atoms with E-state index in [0.29, 0.717) is 30.9 Å². The zero-order valence-electron chi connectivity index (χ0n) is 16.4. The number of rotatable bonds is 6. The minimum absolute atomic E-state index is 0.122. The molecule has 154 valence electrons. The summed E-state index contributed by atoms with van der Waals surface area (Å²) in [6, 6.07) is 12.4. The molecule has 1 aliphatic rings. The van der Waals surface area contributed by atoms with Crippen molar-refractivity contribution in [2.75, 3.05) is 11.9 Å². The van der Waals surface area contributed by atoms with Crippen LogP contribution in [0.25, 0.3) is 0 Å². The lowest BCUT2D eigenvalue weighted by atomic mass is 10.1. The van der Waals surface area contributed by atoms with Gasteiger partial charge in [0.1, 0.15) is 6.04 Å². The number of hydrogen-bond acceptors (Lipinski definition) is 4. The summed E-state index contributed by atoms with van der Waals surface area (Å²) in [5.41, 5.74) is 1.76. The summed E-state index contributed by atoms with van der Waals surface area (Å²) in [4.78, 5) is 31.4. The molecule has 1 atom stereocenters. The number of amides is 2. The summed E-state index contributed by atoms with van der Waals surface area (Å²) in [7, 11) is 0. The number of benzene rings is 1. The number of nitrogens with zero attached hydrogens (tertiary/aromatic N) is 4. The largest absolute Gasteiger partial charge is 0.327 e. The Morgan fingerprint density at radius 3 is 2.63 bits per heavy atom. The highest BCUT2D eigenvalue weighted by atomic mass is 79.9. The van der Waals surface area contributed by atoms with E-state index in [9.17, 15) is 9.59 Å². The number of aromatic nitrogens is 3. The highest BCUT2D eigenvalue weighted by Gasteiger charge is 2.34. The van der Waals surface area contributed by atoms with Gasteiger partial charge in [0.2, 0.25) is 5.91 Å². The van der Waals surface area contributed by atoms with Gasteiger partial charge in [-0.3, -0.25) is 19.3 Å². The molecule has 7 nitrogen and oxygen atoms in total. The van der Waals surface area contributed by atoms with Crippen molar-refractivity contribution < 1.29 is 9.59 Å². The predicted molar refractivity (Wildman–Crippen MR) is 117 cm³/mol. The van der Waals surface area contributed by atoms with Crippen molar-refractivity contribution in [1.82, 2.24) is 19.7 Å². The quantitative estimate of drug-likeness (QED) is 0.601. The molecule has 1 aliphatic heterocycles. The van der Waals surface area contributed by atoms with Crippen LogP contribution in [0.3, 0.4) is 0 Å². The summed E-state index contributed by atoms with van der Waals surface area (Å²) in [5.74, 6) is 0.179. The van der Waals surface area contributed by atoms with Crippen LogP contribution >= 0.6 is 15.9 Å². The van der Waals surface area contributed by atoms with Gasteiger partial charge in [0, 0.05) is 47.8 Å². The first-order valence-corrected chi connectivity index (χ1v) is 10.7. The van der Waals surface area contributed by atoms with E-state index in [0.717, 1.165) is 17.3 Å². The topological polar surface area (TPSA) is 80.1 Å². The average Bonchev–Trinajstić information content (AvgIpc) is 3.43. The number of anilines is 1. The number of carbonyl (C=O) groups is 2. The average molecular weight is 468 g/mol. The summed E-state index contributed by atoms with van der Waals surface area (Å²) in [6.45, 7) is 1.28. The first kappa shape index (κ1) is 20.3. The molecule has 0 saturated carbocycles. The second-order valence-electron chi connectivity index (χ2n) is 7.22. The molecular weight excluding hydrogens is 446 g/mol. The molecular formula is C22H22BrN5O2.